The average Bonchev–Trinajstić information content (AvgIpc) is 3.08. The summed E-state index contributed by atoms with van der Waals surface area (Å²) in [5.74, 6) is 1.08. The molecule has 1 unspecified atom stereocenters. The molecule has 128 valence electrons. The largest absolute Gasteiger partial charge is 0.356 e. The molecule has 0 bridgehead atoms. The molecule has 1 N–H and O–H groups in total. The molecule has 2 aliphatic rings. The van der Waals surface area contributed by atoms with Gasteiger partial charge in [0.1, 0.15) is 0 Å². The molecule has 1 saturated heterocycles. The number of guanidine groups is 1. The third-order valence-corrected chi connectivity index (χ3v) is 4.42. The Morgan fingerprint density at radius 2 is 1.95 bits per heavy atom. The van der Waals surface area contributed by atoms with Crippen LogP contribution in [0.25, 0.3) is 0 Å². The van der Waals surface area contributed by atoms with Crippen molar-refractivity contribution in [1.82, 2.24) is 15.1 Å². The summed E-state index contributed by atoms with van der Waals surface area (Å²) in [4.78, 5) is 9.44. The minimum atomic E-state index is 0. The molecule has 5 heteroatoms. The Hall–Kier alpha value is -0.300. The molecule has 0 saturated carbocycles. The monoisotopic (exact) mass is 420 g/mol. The third kappa shape index (κ3) is 6.07. The average molecular weight is 420 g/mol. The molecule has 22 heavy (non-hydrogen) atoms. The molecule has 1 fully saturated rings. The second kappa shape index (κ2) is 9.11. The van der Waals surface area contributed by atoms with Crippen LogP contribution in [0, 0.1) is 5.41 Å². The molecule has 2 aliphatic heterocycles. The van der Waals surface area contributed by atoms with Gasteiger partial charge in [-0.1, -0.05) is 32.9 Å². The quantitative estimate of drug-likeness (QED) is 0.250. The zero-order valence-electron chi connectivity index (χ0n) is 14.6. The van der Waals surface area contributed by atoms with Crippen molar-refractivity contribution in [1.29, 1.82) is 0 Å². The summed E-state index contributed by atoms with van der Waals surface area (Å²) >= 11 is 0. The molecule has 4 nitrogen and oxygen atoms in total. The molecule has 1 atom stereocenters. The van der Waals surface area contributed by atoms with Crippen molar-refractivity contribution < 1.29 is 0 Å². The zero-order valence-corrected chi connectivity index (χ0v) is 17.0. The van der Waals surface area contributed by atoms with Gasteiger partial charge in [0.05, 0.1) is 0 Å². The first-order valence-electron chi connectivity index (χ1n) is 8.34. The zero-order chi connectivity index (χ0) is 15.3. The second-order valence-electron chi connectivity index (χ2n) is 7.45. The van der Waals surface area contributed by atoms with Gasteiger partial charge in [0.2, 0.25) is 0 Å². The van der Waals surface area contributed by atoms with Crippen molar-refractivity contribution in [2.24, 2.45) is 10.4 Å². The first kappa shape index (κ1) is 19.7. The van der Waals surface area contributed by atoms with Crippen molar-refractivity contribution in [2.75, 3.05) is 39.8 Å². The number of aliphatic imine (C=N–C) groups is 1. The Balaban J connectivity index is 0.00000242. The lowest BCUT2D eigenvalue weighted by atomic mass is 9.91. The van der Waals surface area contributed by atoms with Crippen molar-refractivity contribution in [3.8, 4) is 0 Å². The highest BCUT2D eigenvalue weighted by Gasteiger charge is 2.29. The van der Waals surface area contributed by atoms with Crippen LogP contribution in [0.1, 0.15) is 40.0 Å². The number of rotatable bonds is 4. The van der Waals surface area contributed by atoms with E-state index in [0.717, 1.165) is 38.7 Å². The van der Waals surface area contributed by atoms with Gasteiger partial charge in [-0.05, 0) is 24.7 Å². The van der Waals surface area contributed by atoms with Crippen LogP contribution in [-0.2, 0) is 0 Å². The summed E-state index contributed by atoms with van der Waals surface area (Å²) in [6.07, 6.45) is 8.27. The fourth-order valence-corrected chi connectivity index (χ4v) is 3.18. The minimum Gasteiger partial charge on any atom is -0.356 e. The fraction of sp³-hybridized carbons (Fsp3) is 0.824. The van der Waals surface area contributed by atoms with Crippen LogP contribution >= 0.6 is 24.0 Å². The van der Waals surface area contributed by atoms with Crippen molar-refractivity contribution in [3.63, 3.8) is 0 Å². The van der Waals surface area contributed by atoms with Gasteiger partial charge in [-0.2, -0.15) is 0 Å². The van der Waals surface area contributed by atoms with Crippen LogP contribution in [0.3, 0.4) is 0 Å². The maximum atomic E-state index is 4.46. The standard InChI is InChI=1S/C17H32N4.HI/c1-17(2,3)9-7-10-19-16(18-4)21-13-8-15(14-21)20-11-5-6-12-20;/h5-6,15H,7-14H2,1-4H3,(H,18,19);1H. The van der Waals surface area contributed by atoms with Crippen LogP contribution < -0.4 is 5.32 Å². The summed E-state index contributed by atoms with van der Waals surface area (Å²) < 4.78 is 0. The first-order chi connectivity index (χ1) is 9.99. The SMILES string of the molecule is CN=C(NCCCC(C)(C)C)N1CCC(N2CC=CC2)C1.I. The van der Waals surface area contributed by atoms with Gasteiger partial charge in [0, 0.05) is 45.8 Å². The molecular formula is C17H33IN4. The molecule has 0 aromatic carbocycles. The molecule has 0 aromatic rings. The highest BCUT2D eigenvalue weighted by atomic mass is 127. The Labute approximate surface area is 153 Å². The highest BCUT2D eigenvalue weighted by molar-refractivity contribution is 14.0. The van der Waals surface area contributed by atoms with E-state index in [1.807, 2.05) is 7.05 Å². The summed E-state index contributed by atoms with van der Waals surface area (Å²) in [7, 11) is 1.90. The van der Waals surface area contributed by atoms with Gasteiger partial charge in [-0.25, -0.2) is 0 Å². The fourth-order valence-electron chi connectivity index (χ4n) is 3.18. The van der Waals surface area contributed by atoms with Gasteiger partial charge in [-0.15, -0.1) is 24.0 Å². The maximum absolute atomic E-state index is 4.46. The van der Waals surface area contributed by atoms with E-state index < -0.39 is 0 Å². The number of likely N-dealkylation sites (tertiary alicyclic amines) is 1. The molecular weight excluding hydrogens is 387 g/mol. The summed E-state index contributed by atoms with van der Waals surface area (Å²) in [6, 6.07) is 0.688. The molecule has 2 heterocycles. The van der Waals surface area contributed by atoms with Gasteiger partial charge in [0.15, 0.2) is 5.96 Å². The molecule has 0 aliphatic carbocycles. The van der Waals surface area contributed by atoms with E-state index in [4.69, 9.17) is 0 Å². The van der Waals surface area contributed by atoms with Crippen LogP contribution in [0.15, 0.2) is 17.1 Å². The summed E-state index contributed by atoms with van der Waals surface area (Å²) in [6.45, 7) is 12.4. The molecule has 0 aromatic heterocycles. The van der Waals surface area contributed by atoms with Gasteiger partial charge >= 0.3 is 0 Å². The van der Waals surface area contributed by atoms with E-state index in [1.54, 1.807) is 0 Å². The Kier molecular flexibility index (Phi) is 8.17. The third-order valence-electron chi connectivity index (χ3n) is 4.42. The molecule has 2 rings (SSSR count). The van der Waals surface area contributed by atoms with Crippen LogP contribution in [0.2, 0.25) is 0 Å². The van der Waals surface area contributed by atoms with E-state index in [1.165, 1.54) is 19.3 Å². The lowest BCUT2D eigenvalue weighted by Gasteiger charge is -2.26. The number of nitrogens with zero attached hydrogens (tertiary/aromatic N) is 3. The van der Waals surface area contributed by atoms with Crippen molar-refractivity contribution >= 4 is 29.9 Å². The van der Waals surface area contributed by atoms with E-state index in [0.29, 0.717) is 11.5 Å². The predicted molar refractivity (Wildman–Crippen MR) is 106 cm³/mol. The lowest BCUT2D eigenvalue weighted by Crippen LogP contribution is -2.43. The first-order valence-corrected chi connectivity index (χ1v) is 8.34. The van der Waals surface area contributed by atoms with Crippen LogP contribution in [0.4, 0.5) is 0 Å². The van der Waals surface area contributed by atoms with Gasteiger partial charge in [-0.3, -0.25) is 9.89 Å². The number of halogens is 1. The predicted octanol–water partition coefficient (Wildman–Crippen LogP) is 2.95. The second-order valence-corrected chi connectivity index (χ2v) is 7.45. The Morgan fingerprint density at radius 1 is 1.27 bits per heavy atom. The Morgan fingerprint density at radius 3 is 2.55 bits per heavy atom. The number of hydrogen-bond donors (Lipinski definition) is 1. The summed E-state index contributed by atoms with van der Waals surface area (Å²) in [5, 5.41) is 3.54. The number of hydrogen-bond acceptors (Lipinski definition) is 2. The topological polar surface area (TPSA) is 30.9 Å². The maximum Gasteiger partial charge on any atom is 0.193 e. The van der Waals surface area contributed by atoms with E-state index >= 15 is 0 Å². The molecule has 0 radical (unpaired) electrons. The van der Waals surface area contributed by atoms with E-state index in [2.05, 4.69) is 53.0 Å². The summed E-state index contributed by atoms with van der Waals surface area (Å²) in [5.41, 5.74) is 0.423. The van der Waals surface area contributed by atoms with E-state index in [-0.39, 0.29) is 24.0 Å². The lowest BCUT2D eigenvalue weighted by molar-refractivity contribution is 0.259. The van der Waals surface area contributed by atoms with Crippen molar-refractivity contribution in [3.05, 3.63) is 12.2 Å². The van der Waals surface area contributed by atoms with Gasteiger partial charge in [0.25, 0.3) is 0 Å². The minimum absolute atomic E-state index is 0. The molecule has 0 amide bonds. The smallest absolute Gasteiger partial charge is 0.193 e. The van der Waals surface area contributed by atoms with Gasteiger partial charge < -0.3 is 10.2 Å². The highest BCUT2D eigenvalue weighted by Crippen LogP contribution is 2.20. The van der Waals surface area contributed by atoms with Crippen LogP contribution in [0.5, 0.6) is 0 Å². The van der Waals surface area contributed by atoms with Crippen molar-refractivity contribution in [2.45, 2.75) is 46.1 Å². The van der Waals surface area contributed by atoms with Crippen LogP contribution in [-0.4, -0.2) is 61.6 Å². The molecule has 0 spiro atoms. The normalized spacial score (nSPS) is 23.0. The van der Waals surface area contributed by atoms with E-state index in [9.17, 15) is 0 Å². The Bertz CT molecular complexity index is 379. The number of nitrogens with one attached hydrogen (secondary N) is 1.